The Labute approximate surface area is 139 Å². The fourth-order valence-corrected chi connectivity index (χ4v) is 2.06. The van der Waals surface area contributed by atoms with E-state index >= 15 is 0 Å². The molecule has 0 unspecified atom stereocenters. The maximum absolute atomic E-state index is 13.4. The summed E-state index contributed by atoms with van der Waals surface area (Å²) in [6.45, 7) is 2.96. The van der Waals surface area contributed by atoms with Crippen LogP contribution >= 0.6 is 0 Å². The Morgan fingerprint density at radius 1 is 1.12 bits per heavy atom. The van der Waals surface area contributed by atoms with Crippen LogP contribution in [0.3, 0.4) is 0 Å². The van der Waals surface area contributed by atoms with Crippen LogP contribution in [0.5, 0.6) is 5.75 Å². The number of hydrogen-bond donors (Lipinski definition) is 1. The summed E-state index contributed by atoms with van der Waals surface area (Å²) in [6, 6.07) is 10.5. The zero-order valence-corrected chi connectivity index (χ0v) is 13.4. The molecule has 0 spiro atoms. The lowest BCUT2D eigenvalue weighted by Gasteiger charge is -2.11. The lowest BCUT2D eigenvalue weighted by atomic mass is 10.1. The molecule has 24 heavy (non-hydrogen) atoms. The van der Waals surface area contributed by atoms with Crippen LogP contribution in [-0.4, -0.2) is 19.1 Å². The molecule has 4 nitrogen and oxygen atoms in total. The van der Waals surface area contributed by atoms with Gasteiger partial charge in [0.05, 0.1) is 6.61 Å². The monoisotopic (exact) mass is 335 g/mol. The van der Waals surface area contributed by atoms with Crippen LogP contribution in [-0.2, 0) is 22.7 Å². The van der Waals surface area contributed by atoms with Gasteiger partial charge in [0.15, 0.2) is 18.2 Å². The van der Waals surface area contributed by atoms with E-state index in [2.05, 4.69) is 5.32 Å². The van der Waals surface area contributed by atoms with Gasteiger partial charge in [-0.1, -0.05) is 24.3 Å². The van der Waals surface area contributed by atoms with E-state index in [0.29, 0.717) is 25.8 Å². The summed E-state index contributed by atoms with van der Waals surface area (Å²) in [4.78, 5) is 11.8. The maximum atomic E-state index is 13.4. The highest BCUT2D eigenvalue weighted by Crippen LogP contribution is 2.17. The van der Waals surface area contributed by atoms with Crippen LogP contribution in [0, 0.1) is 11.6 Å². The number of benzene rings is 2. The van der Waals surface area contributed by atoms with E-state index in [-0.39, 0.29) is 12.4 Å². The first-order valence-electron chi connectivity index (χ1n) is 7.59. The van der Waals surface area contributed by atoms with Gasteiger partial charge in [-0.2, -0.15) is 0 Å². The number of carbonyl (C=O) groups excluding carboxylic acids is 1. The molecule has 0 fully saturated rings. The maximum Gasteiger partial charge on any atom is 0.258 e. The highest BCUT2D eigenvalue weighted by Gasteiger charge is 2.09. The van der Waals surface area contributed by atoms with Gasteiger partial charge in [0.1, 0.15) is 5.82 Å². The van der Waals surface area contributed by atoms with Crippen molar-refractivity contribution in [3.8, 4) is 5.75 Å². The van der Waals surface area contributed by atoms with Gasteiger partial charge in [0, 0.05) is 19.2 Å². The Morgan fingerprint density at radius 3 is 2.58 bits per heavy atom. The quantitative estimate of drug-likeness (QED) is 0.806. The number of hydrogen-bond acceptors (Lipinski definition) is 3. The summed E-state index contributed by atoms with van der Waals surface area (Å²) in [5.74, 6) is -2.10. The number of rotatable bonds is 8. The van der Waals surface area contributed by atoms with E-state index in [1.165, 1.54) is 0 Å². The predicted octanol–water partition coefficient (Wildman–Crippen LogP) is 3.20. The molecule has 0 saturated heterocycles. The Balaban J connectivity index is 1.85. The smallest absolute Gasteiger partial charge is 0.258 e. The molecule has 0 heterocycles. The normalized spacial score (nSPS) is 10.5. The molecule has 2 aromatic rings. The van der Waals surface area contributed by atoms with Gasteiger partial charge in [-0.15, -0.1) is 0 Å². The zero-order valence-electron chi connectivity index (χ0n) is 13.4. The van der Waals surface area contributed by atoms with Crippen LogP contribution in [0.2, 0.25) is 0 Å². The van der Waals surface area contributed by atoms with Crippen LogP contribution in [0.4, 0.5) is 8.78 Å². The van der Waals surface area contributed by atoms with Crippen molar-refractivity contribution in [3.63, 3.8) is 0 Å². The van der Waals surface area contributed by atoms with Gasteiger partial charge in [-0.3, -0.25) is 4.79 Å². The van der Waals surface area contributed by atoms with Crippen molar-refractivity contribution in [2.75, 3.05) is 13.2 Å². The number of carbonyl (C=O) groups is 1. The third-order valence-corrected chi connectivity index (χ3v) is 3.31. The SMILES string of the molecule is CCOCc1ccccc1CNC(=O)COc1ccc(F)cc1F. The van der Waals surface area contributed by atoms with Crippen molar-refractivity contribution in [2.24, 2.45) is 0 Å². The lowest BCUT2D eigenvalue weighted by Crippen LogP contribution is -2.29. The average molecular weight is 335 g/mol. The molecule has 6 heteroatoms. The highest BCUT2D eigenvalue weighted by molar-refractivity contribution is 5.77. The molecular weight excluding hydrogens is 316 g/mol. The summed E-state index contributed by atoms with van der Waals surface area (Å²) in [5, 5.41) is 2.70. The molecule has 0 atom stereocenters. The second-order valence-electron chi connectivity index (χ2n) is 5.05. The Hall–Kier alpha value is -2.47. The summed E-state index contributed by atoms with van der Waals surface area (Å²) >= 11 is 0. The van der Waals surface area contributed by atoms with Crippen LogP contribution in [0.25, 0.3) is 0 Å². The van der Waals surface area contributed by atoms with Crippen molar-refractivity contribution >= 4 is 5.91 Å². The number of nitrogens with one attached hydrogen (secondary N) is 1. The zero-order chi connectivity index (χ0) is 17.4. The molecule has 0 aliphatic carbocycles. The van der Waals surface area contributed by atoms with Gasteiger partial charge >= 0.3 is 0 Å². The van der Waals surface area contributed by atoms with E-state index < -0.39 is 17.5 Å². The largest absolute Gasteiger partial charge is 0.481 e. The molecule has 0 radical (unpaired) electrons. The second-order valence-corrected chi connectivity index (χ2v) is 5.05. The minimum absolute atomic E-state index is 0.164. The Morgan fingerprint density at radius 2 is 1.88 bits per heavy atom. The molecular formula is C18H19F2NO3. The molecule has 0 aliphatic rings. The first-order valence-corrected chi connectivity index (χ1v) is 7.59. The topological polar surface area (TPSA) is 47.6 Å². The summed E-state index contributed by atoms with van der Waals surface area (Å²) in [5.41, 5.74) is 1.93. The van der Waals surface area contributed by atoms with Gasteiger partial charge < -0.3 is 14.8 Å². The number of amides is 1. The molecule has 0 aromatic heterocycles. The van der Waals surface area contributed by atoms with Crippen LogP contribution in [0.1, 0.15) is 18.1 Å². The minimum atomic E-state index is -0.843. The second kappa shape index (κ2) is 8.98. The van der Waals surface area contributed by atoms with Crippen LogP contribution < -0.4 is 10.1 Å². The first kappa shape index (κ1) is 17.9. The minimum Gasteiger partial charge on any atom is -0.481 e. The summed E-state index contributed by atoms with van der Waals surface area (Å²) < 4.78 is 36.7. The van der Waals surface area contributed by atoms with Crippen molar-refractivity contribution < 1.29 is 23.0 Å². The highest BCUT2D eigenvalue weighted by atomic mass is 19.1. The molecule has 0 saturated carbocycles. The molecule has 0 bridgehead atoms. The fraction of sp³-hybridized carbons (Fsp3) is 0.278. The standard InChI is InChI=1S/C18H19F2NO3/c1-2-23-11-14-6-4-3-5-13(14)10-21-18(22)12-24-17-8-7-15(19)9-16(17)20/h3-9H,2,10-12H2,1H3,(H,21,22). The molecule has 1 amide bonds. The fourth-order valence-electron chi connectivity index (χ4n) is 2.06. The third-order valence-electron chi connectivity index (χ3n) is 3.31. The van der Waals surface area contributed by atoms with Gasteiger partial charge in [-0.05, 0) is 30.2 Å². The molecule has 128 valence electrons. The number of ether oxygens (including phenoxy) is 2. The molecule has 2 rings (SSSR count). The van der Waals surface area contributed by atoms with E-state index in [0.717, 1.165) is 23.3 Å². The average Bonchev–Trinajstić information content (AvgIpc) is 2.58. The first-order chi connectivity index (χ1) is 11.6. The number of halogens is 2. The van der Waals surface area contributed by atoms with Crippen molar-refractivity contribution in [3.05, 3.63) is 65.2 Å². The van der Waals surface area contributed by atoms with Crippen molar-refractivity contribution in [1.82, 2.24) is 5.32 Å². The Bertz CT molecular complexity index is 692. The molecule has 2 aromatic carbocycles. The molecule has 1 N–H and O–H groups in total. The molecule has 0 aliphatic heterocycles. The lowest BCUT2D eigenvalue weighted by molar-refractivity contribution is -0.123. The van der Waals surface area contributed by atoms with E-state index in [1.807, 2.05) is 31.2 Å². The van der Waals surface area contributed by atoms with Crippen LogP contribution in [0.15, 0.2) is 42.5 Å². The van der Waals surface area contributed by atoms with Gasteiger partial charge in [-0.25, -0.2) is 8.78 Å². The van der Waals surface area contributed by atoms with Gasteiger partial charge in [0.2, 0.25) is 0 Å². The summed E-state index contributed by atoms with van der Waals surface area (Å²) in [6.07, 6.45) is 0. The summed E-state index contributed by atoms with van der Waals surface area (Å²) in [7, 11) is 0. The van der Waals surface area contributed by atoms with E-state index in [1.54, 1.807) is 0 Å². The van der Waals surface area contributed by atoms with Crippen molar-refractivity contribution in [2.45, 2.75) is 20.1 Å². The third kappa shape index (κ3) is 5.31. The van der Waals surface area contributed by atoms with Crippen molar-refractivity contribution in [1.29, 1.82) is 0 Å². The predicted molar refractivity (Wildman–Crippen MR) is 85.5 cm³/mol. The van der Waals surface area contributed by atoms with E-state index in [9.17, 15) is 13.6 Å². The van der Waals surface area contributed by atoms with Gasteiger partial charge in [0.25, 0.3) is 5.91 Å². The Kier molecular flexibility index (Phi) is 6.69. The van der Waals surface area contributed by atoms with E-state index in [4.69, 9.17) is 9.47 Å².